The number of carbonyl (C=O) groups excluding carboxylic acids is 2. The highest BCUT2D eigenvalue weighted by Crippen LogP contribution is 3.02. The zero-order chi connectivity index (χ0) is 41.8. The van der Waals surface area contributed by atoms with Crippen molar-refractivity contribution in [1.82, 2.24) is 34.0 Å². The molecule has 1 aliphatic heterocycles. The van der Waals surface area contributed by atoms with Crippen LogP contribution in [0.4, 0.5) is 30.8 Å². The molecule has 59 heavy (non-hydrogen) atoms. The van der Waals surface area contributed by atoms with Crippen molar-refractivity contribution in [2.24, 2.45) is 5.41 Å². The summed E-state index contributed by atoms with van der Waals surface area (Å²) in [5.74, 6) is -0.323. The molecule has 3 aliphatic rings. The highest BCUT2D eigenvalue weighted by Gasteiger charge is 2.65. The van der Waals surface area contributed by atoms with Crippen molar-refractivity contribution >= 4 is 44.8 Å². The largest absolute Gasteiger partial charge is 0.485 e. The molecule has 4 heterocycles. The number of allylic oxidation sites excluding steroid dienone is 2. The van der Waals surface area contributed by atoms with Crippen molar-refractivity contribution in [2.45, 2.75) is 70.4 Å². The van der Waals surface area contributed by atoms with E-state index < -0.39 is 33.1 Å². The highest BCUT2D eigenvalue weighted by molar-refractivity contribution is 8.45. The molecule has 13 nitrogen and oxygen atoms in total. The maximum absolute atomic E-state index is 14.4. The maximum Gasteiger partial charge on any atom is 0.310 e. The summed E-state index contributed by atoms with van der Waals surface area (Å²) in [6, 6.07) is 11.5. The van der Waals surface area contributed by atoms with E-state index in [4.69, 9.17) is 9.72 Å². The van der Waals surface area contributed by atoms with E-state index in [0.29, 0.717) is 22.6 Å². The molecular weight excluding hydrogens is 798 g/mol. The summed E-state index contributed by atoms with van der Waals surface area (Å²) in [5.41, 5.74) is 2.87. The molecule has 5 aromatic rings. The van der Waals surface area contributed by atoms with Crippen LogP contribution in [0.15, 0.2) is 76.7 Å². The van der Waals surface area contributed by atoms with Crippen LogP contribution in [-0.2, 0) is 24.4 Å². The van der Waals surface area contributed by atoms with Crippen molar-refractivity contribution in [2.75, 3.05) is 36.4 Å². The van der Waals surface area contributed by atoms with E-state index in [1.807, 2.05) is 42.2 Å². The van der Waals surface area contributed by atoms with Crippen molar-refractivity contribution < 1.29 is 33.8 Å². The molecule has 0 unspecified atom stereocenters. The summed E-state index contributed by atoms with van der Waals surface area (Å²) in [5, 5.41) is 7.14. The van der Waals surface area contributed by atoms with Crippen molar-refractivity contribution in [3.05, 3.63) is 106 Å². The fourth-order valence-corrected chi connectivity index (χ4v) is 8.43. The van der Waals surface area contributed by atoms with E-state index in [-0.39, 0.29) is 85.8 Å². The number of aromatic nitrogens is 6. The first-order valence-corrected chi connectivity index (χ1v) is 21.3. The molecule has 2 amide bonds. The Morgan fingerprint density at radius 3 is 2.27 bits per heavy atom. The molecule has 0 bridgehead atoms. The molecule has 2 aromatic carbocycles. The van der Waals surface area contributed by atoms with Crippen molar-refractivity contribution in [1.29, 1.82) is 0 Å². The van der Waals surface area contributed by atoms with E-state index in [2.05, 4.69) is 26.5 Å². The molecular formula is C40H42F5N9O4S. The second-order valence-electron chi connectivity index (χ2n) is 15.4. The van der Waals surface area contributed by atoms with Crippen LogP contribution in [0.1, 0.15) is 72.3 Å². The Morgan fingerprint density at radius 2 is 1.64 bits per heavy atom. The van der Waals surface area contributed by atoms with Gasteiger partial charge in [-0.25, -0.2) is 9.97 Å². The van der Waals surface area contributed by atoms with Gasteiger partial charge in [0.05, 0.1) is 11.4 Å². The SMILES string of the molecule is CCc1c(N2CCN(C(=O)c3ncnc(C)c3OCc3ccccc3)CC2)c(=O)n2nc(C3=CCC4(CC3)CC4)nc2n1CC(=O)Nc1ccc(S(F)(F)(F)(F)F)cc1. The minimum Gasteiger partial charge on any atom is -0.485 e. The molecule has 1 saturated heterocycles. The van der Waals surface area contributed by atoms with Gasteiger partial charge in [-0.1, -0.05) is 62.8 Å². The van der Waals surface area contributed by atoms with E-state index in [1.165, 1.54) is 23.7 Å². The molecule has 0 atom stereocenters. The van der Waals surface area contributed by atoms with Crippen LogP contribution < -0.4 is 20.5 Å². The van der Waals surface area contributed by atoms with Crippen LogP contribution in [0.25, 0.3) is 11.4 Å². The third-order valence-electron chi connectivity index (χ3n) is 11.3. The van der Waals surface area contributed by atoms with Gasteiger partial charge in [0.15, 0.2) is 17.3 Å². The number of rotatable bonds is 11. The zero-order valence-corrected chi connectivity index (χ0v) is 33.2. The normalized spacial score (nSPS) is 17.6. The molecule has 0 radical (unpaired) electrons. The van der Waals surface area contributed by atoms with Crippen molar-refractivity contribution in [3.63, 3.8) is 0 Å². The van der Waals surface area contributed by atoms with Crippen LogP contribution >= 0.6 is 10.2 Å². The molecule has 8 rings (SSSR count). The minimum absolute atomic E-state index is 0.0978. The Morgan fingerprint density at radius 1 is 0.932 bits per heavy atom. The lowest BCUT2D eigenvalue weighted by atomic mass is 9.87. The van der Waals surface area contributed by atoms with Gasteiger partial charge in [0, 0.05) is 31.9 Å². The average Bonchev–Trinajstić information content (AvgIpc) is 3.80. The zero-order valence-electron chi connectivity index (χ0n) is 32.3. The summed E-state index contributed by atoms with van der Waals surface area (Å²) in [4.78, 5) is 56.6. The fourth-order valence-electron chi connectivity index (χ4n) is 7.78. The van der Waals surface area contributed by atoms with Gasteiger partial charge in [0.1, 0.15) is 30.1 Å². The Labute approximate surface area is 335 Å². The number of fused-ring (bicyclic) bond motifs is 1. The first-order valence-electron chi connectivity index (χ1n) is 19.3. The summed E-state index contributed by atoms with van der Waals surface area (Å²) in [6.07, 6.45) is 8.62. The van der Waals surface area contributed by atoms with E-state index in [0.717, 1.165) is 42.5 Å². The monoisotopic (exact) mass is 839 g/mol. The smallest absolute Gasteiger partial charge is 0.310 e. The lowest BCUT2D eigenvalue weighted by Crippen LogP contribution is -2.51. The number of aryl methyl sites for hydroxylation is 1. The Kier molecular flexibility index (Phi) is 9.59. The fraction of sp³-hybridized carbons (Fsp3) is 0.375. The number of halogens is 5. The van der Waals surface area contributed by atoms with Crippen LogP contribution in [0.3, 0.4) is 0 Å². The van der Waals surface area contributed by atoms with E-state index in [9.17, 15) is 33.8 Å². The van der Waals surface area contributed by atoms with Gasteiger partial charge in [-0.2, -0.15) is 9.50 Å². The molecule has 2 aliphatic carbocycles. The van der Waals surface area contributed by atoms with Gasteiger partial charge < -0.3 is 24.4 Å². The third-order valence-corrected chi connectivity index (χ3v) is 12.5. The van der Waals surface area contributed by atoms with Crippen LogP contribution in [-0.4, -0.2) is 72.0 Å². The number of hydrogen-bond acceptors (Lipinski definition) is 9. The second kappa shape index (κ2) is 14.2. The average molecular weight is 840 g/mol. The van der Waals surface area contributed by atoms with Crippen molar-refractivity contribution in [3.8, 4) is 5.75 Å². The van der Waals surface area contributed by atoms with Crippen LogP contribution in [0, 0.1) is 12.3 Å². The lowest BCUT2D eigenvalue weighted by molar-refractivity contribution is -0.116. The Hall–Kier alpha value is -5.85. The first kappa shape index (κ1) is 40.0. The van der Waals surface area contributed by atoms with E-state index >= 15 is 0 Å². The van der Waals surface area contributed by atoms with Gasteiger partial charge in [-0.15, -0.1) is 5.10 Å². The number of nitrogens with zero attached hydrogens (tertiary/aromatic N) is 8. The topological polar surface area (TPSA) is 140 Å². The minimum atomic E-state index is -9.92. The lowest BCUT2D eigenvalue weighted by Gasteiger charge is -2.40. The van der Waals surface area contributed by atoms with Gasteiger partial charge in [0.25, 0.3) is 11.5 Å². The van der Waals surface area contributed by atoms with Gasteiger partial charge in [-0.3, -0.25) is 14.4 Å². The standard InChI is InChI=1S/C40H42F5N9O4S/c1-3-31-34(51-19-21-52(22-20-51)37(56)33-35(26(2)46-25-47-33)58-24-27-7-5-4-6-8-27)38(57)54-39(49-36(50-54)28-13-15-40(16-14-28)17-18-40)53(31)23-32(55)48-29-9-11-30(12-10-29)59(41,42,43,44)45/h4-13,25H,3,14-24H2,1-2H3,(H,48,55). The molecule has 3 aromatic heterocycles. The molecule has 312 valence electrons. The summed E-state index contributed by atoms with van der Waals surface area (Å²) in [7, 11) is -9.92. The number of ether oxygens (including phenoxy) is 1. The second-order valence-corrected chi connectivity index (χ2v) is 17.8. The van der Waals surface area contributed by atoms with E-state index in [1.54, 1.807) is 16.4 Å². The van der Waals surface area contributed by atoms with Gasteiger partial charge in [-0.05, 0) is 86.3 Å². The highest BCUT2D eigenvalue weighted by atomic mass is 32.5. The molecule has 2 fully saturated rings. The summed E-state index contributed by atoms with van der Waals surface area (Å²) < 4.78 is 75.5. The summed E-state index contributed by atoms with van der Waals surface area (Å²) >= 11 is 0. The number of anilines is 2. The van der Waals surface area contributed by atoms with Gasteiger partial charge >= 0.3 is 10.2 Å². The summed E-state index contributed by atoms with van der Waals surface area (Å²) in [6.45, 7) is 4.24. The Balaban J connectivity index is 1.08. The maximum atomic E-state index is 14.4. The number of amides is 2. The third kappa shape index (κ3) is 8.24. The number of carbonyl (C=O) groups is 2. The van der Waals surface area contributed by atoms with Gasteiger partial charge in [0.2, 0.25) is 11.7 Å². The molecule has 1 spiro atoms. The number of hydrogen-bond donors (Lipinski definition) is 1. The molecule has 19 heteroatoms. The predicted molar refractivity (Wildman–Crippen MR) is 212 cm³/mol. The number of piperazine rings is 1. The Bertz CT molecular complexity index is 2550. The predicted octanol–water partition coefficient (Wildman–Crippen LogP) is 7.74. The number of nitrogens with one attached hydrogen (secondary N) is 1. The molecule has 1 saturated carbocycles. The molecule has 1 N–H and O–H groups in total. The van der Waals surface area contributed by atoms with Crippen LogP contribution in [0.5, 0.6) is 5.75 Å². The first-order chi connectivity index (χ1) is 27.9. The van der Waals surface area contributed by atoms with Crippen LogP contribution in [0.2, 0.25) is 0 Å². The quantitative estimate of drug-likeness (QED) is 0.132. The number of benzene rings is 2.